The van der Waals surface area contributed by atoms with Crippen LogP contribution >= 0.6 is 0 Å². The lowest BCUT2D eigenvalue weighted by Crippen LogP contribution is -2.23. The molecule has 0 aliphatic carbocycles. The number of nitrogens with one attached hydrogen (secondary N) is 1. The fourth-order valence-corrected chi connectivity index (χ4v) is 1.89. The van der Waals surface area contributed by atoms with Crippen molar-refractivity contribution in [3.8, 4) is 5.75 Å². The topological polar surface area (TPSA) is 108 Å². The molecule has 0 aliphatic rings. The summed E-state index contributed by atoms with van der Waals surface area (Å²) in [5, 5.41) is 2.26. The molecule has 0 fully saturated rings. The minimum Gasteiger partial charge on any atom is -0.483 e. The van der Waals surface area contributed by atoms with E-state index in [0.29, 0.717) is 0 Å². The first kappa shape index (κ1) is 18.8. The Kier molecular flexibility index (Phi) is 6.20. The number of ether oxygens (including phenoxy) is 2. The van der Waals surface area contributed by atoms with E-state index in [0.717, 1.165) is 18.2 Å². The molecule has 0 saturated heterocycles. The van der Waals surface area contributed by atoms with E-state index in [1.165, 1.54) is 18.2 Å². The molecule has 0 atom stereocenters. The summed E-state index contributed by atoms with van der Waals surface area (Å²) in [6.45, 7) is -1.09. The van der Waals surface area contributed by atoms with Crippen molar-refractivity contribution in [3.63, 3.8) is 0 Å². The van der Waals surface area contributed by atoms with Crippen molar-refractivity contribution in [2.24, 2.45) is 5.73 Å². The molecule has 2 amide bonds. The Bertz CT molecular complexity index is 842. The van der Waals surface area contributed by atoms with Crippen molar-refractivity contribution in [2.75, 3.05) is 18.5 Å². The van der Waals surface area contributed by atoms with E-state index in [1.54, 1.807) is 6.07 Å². The number of benzene rings is 2. The number of amides is 2. The number of rotatable bonds is 7. The number of esters is 1. The largest absolute Gasteiger partial charge is 0.483 e. The van der Waals surface area contributed by atoms with Crippen molar-refractivity contribution >= 4 is 23.5 Å². The van der Waals surface area contributed by atoms with Crippen molar-refractivity contribution < 1.29 is 32.6 Å². The third-order valence-electron chi connectivity index (χ3n) is 3.01. The van der Waals surface area contributed by atoms with Crippen LogP contribution in [0.2, 0.25) is 0 Å². The SMILES string of the molecule is NC(=O)COc1ccccc1C(=O)OCC(=O)Nc1ccc(F)c(F)c1. The summed E-state index contributed by atoms with van der Waals surface area (Å²) in [5.41, 5.74) is 4.98. The van der Waals surface area contributed by atoms with Gasteiger partial charge in [-0.3, -0.25) is 9.59 Å². The Labute approximate surface area is 146 Å². The summed E-state index contributed by atoms with van der Waals surface area (Å²) in [6.07, 6.45) is 0. The van der Waals surface area contributed by atoms with Crippen LogP contribution in [0.5, 0.6) is 5.75 Å². The summed E-state index contributed by atoms with van der Waals surface area (Å²) in [7, 11) is 0. The van der Waals surface area contributed by atoms with Crippen LogP contribution in [0.3, 0.4) is 0 Å². The summed E-state index contributed by atoms with van der Waals surface area (Å²) in [5.74, 6) is -4.45. The van der Waals surface area contributed by atoms with Gasteiger partial charge >= 0.3 is 5.97 Å². The van der Waals surface area contributed by atoms with Gasteiger partial charge in [0.2, 0.25) is 0 Å². The summed E-state index contributed by atoms with van der Waals surface area (Å²) >= 11 is 0. The van der Waals surface area contributed by atoms with Gasteiger partial charge in [-0.1, -0.05) is 12.1 Å². The van der Waals surface area contributed by atoms with Crippen LogP contribution in [0.15, 0.2) is 42.5 Å². The highest BCUT2D eigenvalue weighted by Gasteiger charge is 2.16. The van der Waals surface area contributed by atoms with E-state index in [2.05, 4.69) is 5.32 Å². The predicted octanol–water partition coefficient (Wildman–Crippen LogP) is 1.62. The molecule has 0 bridgehead atoms. The molecule has 3 N–H and O–H groups in total. The van der Waals surface area contributed by atoms with Crippen LogP contribution in [-0.2, 0) is 14.3 Å². The molecule has 2 rings (SSSR count). The second kappa shape index (κ2) is 8.56. The molecule has 26 heavy (non-hydrogen) atoms. The Hall–Kier alpha value is -3.49. The molecule has 2 aromatic carbocycles. The third kappa shape index (κ3) is 5.26. The number of nitrogens with two attached hydrogens (primary N) is 1. The van der Waals surface area contributed by atoms with Crippen molar-refractivity contribution in [3.05, 3.63) is 59.7 Å². The Balaban J connectivity index is 1.94. The van der Waals surface area contributed by atoms with Crippen molar-refractivity contribution in [1.29, 1.82) is 0 Å². The first-order valence-electron chi connectivity index (χ1n) is 7.29. The molecular formula is C17H14F2N2O5. The molecule has 0 aromatic heterocycles. The van der Waals surface area contributed by atoms with Gasteiger partial charge in [-0.05, 0) is 24.3 Å². The zero-order valence-electron chi connectivity index (χ0n) is 13.3. The van der Waals surface area contributed by atoms with Crippen LogP contribution in [0.25, 0.3) is 0 Å². The number of carbonyl (C=O) groups is 3. The lowest BCUT2D eigenvalue weighted by Gasteiger charge is -2.10. The van der Waals surface area contributed by atoms with Gasteiger partial charge in [-0.25, -0.2) is 13.6 Å². The molecule has 0 heterocycles. The van der Waals surface area contributed by atoms with Crippen LogP contribution in [0.4, 0.5) is 14.5 Å². The molecular weight excluding hydrogens is 350 g/mol. The predicted molar refractivity (Wildman–Crippen MR) is 86.4 cm³/mol. The maximum Gasteiger partial charge on any atom is 0.342 e. The molecule has 0 spiro atoms. The number of primary amides is 1. The number of hydrogen-bond acceptors (Lipinski definition) is 5. The molecule has 2 aromatic rings. The van der Waals surface area contributed by atoms with Crippen molar-refractivity contribution in [1.82, 2.24) is 0 Å². The second-order valence-electron chi connectivity index (χ2n) is 5.00. The van der Waals surface area contributed by atoms with Gasteiger partial charge in [0.05, 0.1) is 0 Å². The Morgan fingerprint density at radius 2 is 1.73 bits per heavy atom. The van der Waals surface area contributed by atoms with Crippen LogP contribution in [0, 0.1) is 11.6 Å². The minimum absolute atomic E-state index is 0.00521. The van der Waals surface area contributed by atoms with Gasteiger partial charge < -0.3 is 20.5 Å². The first-order chi connectivity index (χ1) is 12.4. The first-order valence-corrected chi connectivity index (χ1v) is 7.29. The summed E-state index contributed by atoms with van der Waals surface area (Å²) in [6, 6.07) is 8.72. The number of para-hydroxylation sites is 1. The van der Waals surface area contributed by atoms with Crippen LogP contribution in [-0.4, -0.2) is 31.0 Å². The highest BCUT2D eigenvalue weighted by atomic mass is 19.2. The Morgan fingerprint density at radius 1 is 1.00 bits per heavy atom. The molecule has 0 aliphatic heterocycles. The molecule has 0 saturated carbocycles. The highest BCUT2D eigenvalue weighted by Crippen LogP contribution is 2.19. The van der Waals surface area contributed by atoms with Gasteiger partial charge in [-0.15, -0.1) is 0 Å². The van der Waals surface area contributed by atoms with Gasteiger partial charge in [0.1, 0.15) is 11.3 Å². The Morgan fingerprint density at radius 3 is 2.42 bits per heavy atom. The zero-order valence-corrected chi connectivity index (χ0v) is 13.3. The van der Waals surface area contributed by atoms with Gasteiger partial charge in [-0.2, -0.15) is 0 Å². The zero-order chi connectivity index (χ0) is 19.1. The van der Waals surface area contributed by atoms with E-state index in [9.17, 15) is 23.2 Å². The van der Waals surface area contributed by atoms with E-state index in [-0.39, 0.29) is 17.0 Å². The fourth-order valence-electron chi connectivity index (χ4n) is 1.89. The number of hydrogen-bond donors (Lipinski definition) is 2. The normalized spacial score (nSPS) is 10.1. The maximum absolute atomic E-state index is 13.1. The van der Waals surface area contributed by atoms with Crippen LogP contribution in [0.1, 0.15) is 10.4 Å². The minimum atomic E-state index is -1.12. The number of halogens is 2. The van der Waals surface area contributed by atoms with E-state index in [4.69, 9.17) is 15.2 Å². The van der Waals surface area contributed by atoms with Gasteiger partial charge in [0.25, 0.3) is 11.8 Å². The highest BCUT2D eigenvalue weighted by molar-refractivity contribution is 5.96. The monoisotopic (exact) mass is 364 g/mol. The summed E-state index contributed by atoms with van der Waals surface area (Å²) < 4.78 is 35.9. The standard InChI is InChI=1S/C17H14F2N2O5/c18-12-6-5-10(7-13(12)19)21-16(23)9-26-17(24)11-3-1-2-4-14(11)25-8-15(20)22/h1-7H,8-9H2,(H2,20,22)(H,21,23). The molecule has 136 valence electrons. The molecule has 9 heteroatoms. The van der Waals surface area contributed by atoms with E-state index >= 15 is 0 Å². The van der Waals surface area contributed by atoms with E-state index < -0.39 is 42.6 Å². The van der Waals surface area contributed by atoms with Gasteiger partial charge in [0.15, 0.2) is 24.8 Å². The second-order valence-corrected chi connectivity index (χ2v) is 5.00. The molecule has 0 radical (unpaired) electrons. The van der Waals surface area contributed by atoms with Crippen molar-refractivity contribution in [2.45, 2.75) is 0 Å². The molecule has 7 nitrogen and oxygen atoms in total. The quantitative estimate of drug-likeness (QED) is 0.726. The lowest BCUT2D eigenvalue weighted by molar-refractivity contribution is -0.120. The third-order valence-corrected chi connectivity index (χ3v) is 3.01. The average Bonchev–Trinajstić information content (AvgIpc) is 2.61. The van der Waals surface area contributed by atoms with Gasteiger partial charge in [0, 0.05) is 11.8 Å². The van der Waals surface area contributed by atoms with E-state index in [1.807, 2.05) is 0 Å². The smallest absolute Gasteiger partial charge is 0.342 e. The fraction of sp³-hybridized carbons (Fsp3) is 0.118. The maximum atomic E-state index is 13.1. The average molecular weight is 364 g/mol. The lowest BCUT2D eigenvalue weighted by atomic mass is 10.2. The summed E-state index contributed by atoms with van der Waals surface area (Å²) in [4.78, 5) is 34.6. The number of anilines is 1. The van der Waals surface area contributed by atoms with Crippen LogP contribution < -0.4 is 15.8 Å². The number of carbonyl (C=O) groups excluding carboxylic acids is 3. The molecule has 0 unspecified atom stereocenters.